The van der Waals surface area contributed by atoms with Crippen LogP contribution in [0.1, 0.15) is 0 Å². The van der Waals surface area contributed by atoms with E-state index in [2.05, 4.69) is 37.5 Å². The van der Waals surface area contributed by atoms with Crippen molar-refractivity contribution in [3.8, 4) is 22.1 Å². The summed E-state index contributed by atoms with van der Waals surface area (Å²) >= 11 is 15.6. The minimum absolute atomic E-state index is 0.417. The third-order valence-electron chi connectivity index (χ3n) is 2.53. The SMILES string of the molecule is Clc1cnc(-c2nc(Cl)c(I)c(-c3ccccc3)n2)s1. The van der Waals surface area contributed by atoms with Crippen molar-refractivity contribution in [3.63, 3.8) is 0 Å². The standard InChI is InChI=1S/C13H6Cl2IN3S/c14-8-6-17-13(20-8)12-18-10(9(16)11(15)19-12)7-4-2-1-3-5-7/h1-6H. The minimum atomic E-state index is 0.417. The molecule has 2 heterocycles. The molecule has 0 saturated heterocycles. The van der Waals surface area contributed by atoms with Gasteiger partial charge in [-0.15, -0.1) is 0 Å². The normalized spacial score (nSPS) is 10.8. The fraction of sp³-hybridized carbons (Fsp3) is 0. The fourth-order valence-electron chi connectivity index (χ4n) is 1.66. The molecule has 0 amide bonds. The zero-order valence-electron chi connectivity index (χ0n) is 9.85. The van der Waals surface area contributed by atoms with E-state index in [0.29, 0.717) is 20.3 Å². The number of halogens is 3. The molecule has 0 spiro atoms. The molecular weight excluding hydrogens is 428 g/mol. The third kappa shape index (κ3) is 2.81. The molecule has 0 saturated carbocycles. The van der Waals surface area contributed by atoms with Gasteiger partial charge in [0.1, 0.15) is 9.49 Å². The van der Waals surface area contributed by atoms with Crippen LogP contribution in [0.4, 0.5) is 0 Å². The predicted octanol–water partition coefficient (Wildman–Crippen LogP) is 5.18. The molecular formula is C13H6Cl2IN3S. The molecule has 0 N–H and O–H groups in total. The van der Waals surface area contributed by atoms with Crippen LogP contribution in [0, 0.1) is 3.57 Å². The van der Waals surface area contributed by atoms with Crippen LogP contribution in [-0.4, -0.2) is 15.0 Å². The van der Waals surface area contributed by atoms with Gasteiger partial charge in [-0.05, 0) is 22.6 Å². The summed E-state index contributed by atoms with van der Waals surface area (Å²) in [5, 5.41) is 1.08. The lowest BCUT2D eigenvalue weighted by Crippen LogP contribution is -1.96. The van der Waals surface area contributed by atoms with Crippen molar-refractivity contribution in [2.75, 3.05) is 0 Å². The summed E-state index contributed by atoms with van der Waals surface area (Å²) < 4.78 is 1.42. The van der Waals surface area contributed by atoms with Crippen LogP contribution in [0.2, 0.25) is 9.49 Å². The van der Waals surface area contributed by atoms with Crippen LogP contribution in [-0.2, 0) is 0 Å². The highest BCUT2D eigenvalue weighted by Crippen LogP contribution is 2.32. The highest BCUT2D eigenvalue weighted by atomic mass is 127. The van der Waals surface area contributed by atoms with Crippen molar-refractivity contribution in [3.05, 3.63) is 49.6 Å². The Morgan fingerprint density at radius 2 is 1.80 bits per heavy atom. The Balaban J connectivity index is 2.18. The van der Waals surface area contributed by atoms with E-state index in [0.717, 1.165) is 14.8 Å². The van der Waals surface area contributed by atoms with E-state index in [4.69, 9.17) is 23.2 Å². The number of rotatable bonds is 2. The molecule has 0 aliphatic carbocycles. The average Bonchev–Trinajstić information content (AvgIpc) is 2.89. The first-order valence-electron chi connectivity index (χ1n) is 5.55. The molecule has 0 aliphatic heterocycles. The summed E-state index contributed by atoms with van der Waals surface area (Å²) in [5.74, 6) is 0.492. The molecule has 0 unspecified atom stereocenters. The lowest BCUT2D eigenvalue weighted by atomic mass is 10.1. The van der Waals surface area contributed by atoms with Crippen molar-refractivity contribution in [1.82, 2.24) is 15.0 Å². The summed E-state index contributed by atoms with van der Waals surface area (Å²) in [7, 11) is 0. The van der Waals surface area contributed by atoms with Crippen LogP contribution in [0.15, 0.2) is 36.5 Å². The zero-order chi connectivity index (χ0) is 14.1. The molecule has 3 rings (SSSR count). The van der Waals surface area contributed by atoms with Gasteiger partial charge in [0.25, 0.3) is 0 Å². The summed E-state index contributed by atoms with van der Waals surface area (Å²) in [5.41, 5.74) is 1.79. The molecule has 0 radical (unpaired) electrons. The molecule has 0 fully saturated rings. The highest BCUT2D eigenvalue weighted by molar-refractivity contribution is 14.1. The van der Waals surface area contributed by atoms with Crippen LogP contribution >= 0.6 is 57.1 Å². The monoisotopic (exact) mass is 433 g/mol. The number of aromatic nitrogens is 3. The van der Waals surface area contributed by atoms with Crippen molar-refractivity contribution in [2.45, 2.75) is 0 Å². The molecule has 3 nitrogen and oxygen atoms in total. The van der Waals surface area contributed by atoms with E-state index in [9.17, 15) is 0 Å². The Morgan fingerprint density at radius 3 is 2.45 bits per heavy atom. The van der Waals surface area contributed by atoms with Gasteiger partial charge in [-0.1, -0.05) is 64.9 Å². The average molecular weight is 434 g/mol. The summed E-state index contributed by atoms with van der Waals surface area (Å²) in [4.78, 5) is 13.0. The van der Waals surface area contributed by atoms with Gasteiger partial charge in [-0.2, -0.15) is 0 Å². The van der Waals surface area contributed by atoms with Crippen molar-refractivity contribution in [1.29, 1.82) is 0 Å². The number of thiazole rings is 1. The molecule has 7 heteroatoms. The van der Waals surface area contributed by atoms with Gasteiger partial charge in [0, 0.05) is 5.56 Å². The minimum Gasteiger partial charge on any atom is -0.240 e. The van der Waals surface area contributed by atoms with Crippen LogP contribution in [0.5, 0.6) is 0 Å². The van der Waals surface area contributed by atoms with E-state index in [1.165, 1.54) is 11.3 Å². The van der Waals surface area contributed by atoms with Gasteiger partial charge in [0.15, 0.2) is 10.8 Å². The second-order valence-corrected chi connectivity index (χ2v) is 6.93. The van der Waals surface area contributed by atoms with Gasteiger partial charge in [0.05, 0.1) is 15.5 Å². The van der Waals surface area contributed by atoms with Crippen LogP contribution in [0.3, 0.4) is 0 Å². The Labute approximate surface area is 143 Å². The summed E-state index contributed by atoms with van der Waals surface area (Å²) in [6.07, 6.45) is 1.58. The summed E-state index contributed by atoms with van der Waals surface area (Å²) in [6.45, 7) is 0. The molecule has 1 aromatic carbocycles. The second kappa shape index (κ2) is 5.93. The van der Waals surface area contributed by atoms with Crippen molar-refractivity contribution < 1.29 is 0 Å². The number of nitrogens with zero attached hydrogens (tertiary/aromatic N) is 3. The molecule has 3 aromatic rings. The molecule has 2 aromatic heterocycles. The Kier molecular flexibility index (Phi) is 4.21. The van der Waals surface area contributed by atoms with Gasteiger partial charge in [-0.25, -0.2) is 15.0 Å². The third-order valence-corrected chi connectivity index (χ3v) is 5.25. The van der Waals surface area contributed by atoms with E-state index in [-0.39, 0.29) is 0 Å². The van der Waals surface area contributed by atoms with E-state index in [1.54, 1.807) is 6.20 Å². The lowest BCUT2D eigenvalue weighted by Gasteiger charge is -2.07. The Morgan fingerprint density at radius 1 is 1.05 bits per heavy atom. The van der Waals surface area contributed by atoms with Gasteiger partial charge < -0.3 is 0 Å². The molecule has 20 heavy (non-hydrogen) atoms. The first-order chi connectivity index (χ1) is 9.65. The zero-order valence-corrected chi connectivity index (χ0v) is 14.3. The van der Waals surface area contributed by atoms with Crippen LogP contribution < -0.4 is 0 Å². The molecule has 0 bridgehead atoms. The highest BCUT2D eigenvalue weighted by Gasteiger charge is 2.15. The van der Waals surface area contributed by atoms with Gasteiger partial charge in [-0.3, -0.25) is 0 Å². The fourth-order valence-corrected chi connectivity index (χ4v) is 3.23. The topological polar surface area (TPSA) is 38.7 Å². The number of hydrogen-bond donors (Lipinski definition) is 0. The molecule has 0 atom stereocenters. The molecule has 100 valence electrons. The number of benzene rings is 1. The maximum Gasteiger partial charge on any atom is 0.190 e. The first-order valence-corrected chi connectivity index (χ1v) is 8.20. The second-order valence-electron chi connectivity index (χ2n) is 3.84. The van der Waals surface area contributed by atoms with E-state index >= 15 is 0 Å². The molecule has 0 aliphatic rings. The van der Waals surface area contributed by atoms with Crippen LogP contribution in [0.25, 0.3) is 22.1 Å². The maximum absolute atomic E-state index is 6.21. The smallest absolute Gasteiger partial charge is 0.190 e. The maximum atomic E-state index is 6.21. The van der Waals surface area contributed by atoms with E-state index < -0.39 is 0 Å². The quantitative estimate of drug-likeness (QED) is 0.413. The largest absolute Gasteiger partial charge is 0.240 e. The number of hydrogen-bond acceptors (Lipinski definition) is 4. The Bertz CT molecular complexity index is 762. The van der Waals surface area contributed by atoms with Crippen molar-refractivity contribution in [2.24, 2.45) is 0 Å². The Hall–Kier alpha value is -0.760. The van der Waals surface area contributed by atoms with E-state index in [1.807, 2.05) is 30.3 Å². The first kappa shape index (κ1) is 14.2. The van der Waals surface area contributed by atoms with Crippen molar-refractivity contribution >= 4 is 57.1 Å². The lowest BCUT2D eigenvalue weighted by molar-refractivity contribution is 1.15. The van der Waals surface area contributed by atoms with Gasteiger partial charge in [0.2, 0.25) is 0 Å². The predicted molar refractivity (Wildman–Crippen MR) is 91.3 cm³/mol. The van der Waals surface area contributed by atoms with Gasteiger partial charge >= 0.3 is 0 Å². The summed E-state index contributed by atoms with van der Waals surface area (Å²) in [6, 6.07) is 9.85.